The van der Waals surface area contributed by atoms with Crippen LogP contribution in [0.25, 0.3) is 5.69 Å². The summed E-state index contributed by atoms with van der Waals surface area (Å²) in [6, 6.07) is 3.60. The van der Waals surface area contributed by atoms with Gasteiger partial charge in [-0.1, -0.05) is 0 Å². The highest BCUT2D eigenvalue weighted by molar-refractivity contribution is 5.57. The van der Waals surface area contributed by atoms with Gasteiger partial charge < -0.3 is 14.2 Å². The van der Waals surface area contributed by atoms with Crippen molar-refractivity contribution in [1.29, 1.82) is 0 Å². The molecule has 2 rings (SSSR count). The maximum atomic E-state index is 5.25. The van der Waals surface area contributed by atoms with Crippen LogP contribution in [0.1, 0.15) is 0 Å². The van der Waals surface area contributed by atoms with Crippen molar-refractivity contribution in [3.63, 3.8) is 0 Å². The van der Waals surface area contributed by atoms with Crippen molar-refractivity contribution in [2.75, 3.05) is 21.3 Å². The predicted octanol–water partition coefficient (Wildman–Crippen LogP) is 1.29. The third-order valence-electron chi connectivity index (χ3n) is 2.33. The lowest BCUT2D eigenvalue weighted by Crippen LogP contribution is -2.00. The van der Waals surface area contributed by atoms with Gasteiger partial charge in [0.05, 0.1) is 27.0 Å². The summed E-state index contributed by atoms with van der Waals surface area (Å²) in [7, 11) is 4.71. The molecule has 1 aromatic heterocycles. The summed E-state index contributed by atoms with van der Waals surface area (Å²) < 4.78 is 17.4. The minimum absolute atomic E-state index is 0.555. The molecule has 0 saturated carbocycles. The Bertz CT molecular complexity index is 472. The Morgan fingerprint density at radius 1 is 1.00 bits per heavy atom. The van der Waals surface area contributed by atoms with Gasteiger partial charge in [0.1, 0.15) is 12.7 Å². The smallest absolute Gasteiger partial charge is 0.203 e. The van der Waals surface area contributed by atoms with Crippen LogP contribution in [-0.2, 0) is 0 Å². The third-order valence-corrected chi connectivity index (χ3v) is 2.33. The number of hydrogen-bond donors (Lipinski definition) is 0. The van der Waals surface area contributed by atoms with Crippen LogP contribution in [0.15, 0.2) is 24.8 Å². The topological polar surface area (TPSA) is 58.4 Å². The summed E-state index contributed by atoms with van der Waals surface area (Å²) in [6.07, 6.45) is 3.06. The van der Waals surface area contributed by atoms with E-state index in [1.807, 2.05) is 0 Å². The van der Waals surface area contributed by atoms with Gasteiger partial charge in [0, 0.05) is 12.1 Å². The number of hydrogen-bond acceptors (Lipinski definition) is 5. The Morgan fingerprint density at radius 3 is 2.06 bits per heavy atom. The van der Waals surface area contributed by atoms with Gasteiger partial charge in [-0.3, -0.25) is 0 Å². The van der Waals surface area contributed by atoms with E-state index in [1.54, 1.807) is 44.5 Å². The van der Waals surface area contributed by atoms with Gasteiger partial charge in [-0.2, -0.15) is 5.10 Å². The quantitative estimate of drug-likeness (QED) is 0.799. The summed E-state index contributed by atoms with van der Waals surface area (Å²) in [5.41, 5.74) is 0.789. The first kappa shape index (κ1) is 11.3. The van der Waals surface area contributed by atoms with Gasteiger partial charge in [-0.05, 0) is 0 Å². The molecule has 90 valence electrons. The Kier molecular flexibility index (Phi) is 3.13. The van der Waals surface area contributed by atoms with E-state index in [0.717, 1.165) is 5.69 Å². The number of methoxy groups -OCH3 is 3. The Labute approximate surface area is 98.8 Å². The molecule has 0 unspecified atom stereocenters. The molecular formula is C11H13N3O3. The molecule has 0 atom stereocenters. The second kappa shape index (κ2) is 4.73. The fourth-order valence-corrected chi connectivity index (χ4v) is 1.54. The van der Waals surface area contributed by atoms with Gasteiger partial charge in [-0.25, -0.2) is 9.67 Å². The zero-order valence-corrected chi connectivity index (χ0v) is 9.88. The van der Waals surface area contributed by atoms with Crippen LogP contribution in [0.3, 0.4) is 0 Å². The highest BCUT2D eigenvalue weighted by Gasteiger charge is 2.14. The summed E-state index contributed by atoms with van der Waals surface area (Å²) in [6.45, 7) is 0. The minimum Gasteiger partial charge on any atom is -0.493 e. The standard InChI is InChI=1S/C11H13N3O3/c1-15-9-4-8(14-7-12-6-13-14)5-10(16-2)11(9)17-3/h4-7H,1-3H3. The zero-order valence-electron chi connectivity index (χ0n) is 9.88. The molecule has 0 radical (unpaired) electrons. The van der Waals surface area contributed by atoms with E-state index in [4.69, 9.17) is 14.2 Å². The van der Waals surface area contributed by atoms with E-state index in [9.17, 15) is 0 Å². The summed E-state index contributed by atoms with van der Waals surface area (Å²) in [5, 5.41) is 4.05. The number of benzene rings is 1. The summed E-state index contributed by atoms with van der Waals surface area (Å²) in [4.78, 5) is 3.89. The third kappa shape index (κ3) is 2.01. The number of rotatable bonds is 4. The van der Waals surface area contributed by atoms with E-state index >= 15 is 0 Å². The van der Waals surface area contributed by atoms with E-state index < -0.39 is 0 Å². The van der Waals surface area contributed by atoms with Crippen LogP contribution in [0.4, 0.5) is 0 Å². The van der Waals surface area contributed by atoms with E-state index in [-0.39, 0.29) is 0 Å². The van der Waals surface area contributed by atoms with Crippen molar-refractivity contribution < 1.29 is 14.2 Å². The first-order valence-electron chi connectivity index (χ1n) is 4.95. The highest BCUT2D eigenvalue weighted by atomic mass is 16.5. The maximum Gasteiger partial charge on any atom is 0.203 e. The number of ether oxygens (including phenoxy) is 3. The molecule has 6 heteroatoms. The lowest BCUT2D eigenvalue weighted by Gasteiger charge is -2.13. The SMILES string of the molecule is COc1cc(-n2cncn2)cc(OC)c1OC. The van der Waals surface area contributed by atoms with Crippen LogP contribution < -0.4 is 14.2 Å². The minimum atomic E-state index is 0.555. The van der Waals surface area contributed by atoms with Crippen molar-refractivity contribution in [3.05, 3.63) is 24.8 Å². The number of aromatic nitrogens is 3. The zero-order chi connectivity index (χ0) is 12.3. The molecule has 0 saturated heterocycles. The van der Waals surface area contributed by atoms with Gasteiger partial charge in [0.25, 0.3) is 0 Å². The fraction of sp³-hybridized carbons (Fsp3) is 0.273. The van der Waals surface area contributed by atoms with Gasteiger partial charge in [0.2, 0.25) is 5.75 Å². The fourth-order valence-electron chi connectivity index (χ4n) is 1.54. The van der Waals surface area contributed by atoms with Crippen LogP contribution in [0.5, 0.6) is 17.2 Å². The maximum absolute atomic E-state index is 5.25. The normalized spacial score (nSPS) is 10.1. The monoisotopic (exact) mass is 235 g/mol. The summed E-state index contributed by atoms with van der Waals surface area (Å²) >= 11 is 0. The molecule has 0 fully saturated rings. The van der Waals surface area contributed by atoms with Crippen LogP contribution >= 0.6 is 0 Å². The van der Waals surface area contributed by atoms with Crippen LogP contribution in [-0.4, -0.2) is 36.1 Å². The molecule has 0 aliphatic carbocycles. The first-order valence-corrected chi connectivity index (χ1v) is 4.95. The van der Waals surface area contributed by atoms with Crippen molar-refractivity contribution >= 4 is 0 Å². The molecule has 0 spiro atoms. The lowest BCUT2D eigenvalue weighted by molar-refractivity contribution is 0.324. The Balaban J connectivity index is 2.56. The van der Waals surface area contributed by atoms with Crippen molar-refractivity contribution in [2.45, 2.75) is 0 Å². The average Bonchev–Trinajstić information content (AvgIpc) is 2.90. The highest BCUT2D eigenvalue weighted by Crippen LogP contribution is 2.38. The van der Waals surface area contributed by atoms with Crippen LogP contribution in [0.2, 0.25) is 0 Å². The molecule has 0 amide bonds. The molecule has 17 heavy (non-hydrogen) atoms. The van der Waals surface area contributed by atoms with Crippen molar-refractivity contribution in [3.8, 4) is 22.9 Å². The number of nitrogens with zero attached hydrogens (tertiary/aromatic N) is 3. The van der Waals surface area contributed by atoms with Crippen molar-refractivity contribution in [1.82, 2.24) is 14.8 Å². The molecule has 6 nitrogen and oxygen atoms in total. The molecule has 1 heterocycles. The first-order chi connectivity index (χ1) is 8.30. The Morgan fingerprint density at radius 2 is 1.65 bits per heavy atom. The Hall–Kier alpha value is -2.24. The molecule has 0 aliphatic rings. The predicted molar refractivity (Wildman–Crippen MR) is 61.0 cm³/mol. The molecule has 0 aliphatic heterocycles. The summed E-state index contributed by atoms with van der Waals surface area (Å²) in [5.74, 6) is 1.72. The van der Waals surface area contributed by atoms with Gasteiger partial charge in [0.15, 0.2) is 11.5 Å². The molecule has 0 bridgehead atoms. The van der Waals surface area contributed by atoms with E-state index in [0.29, 0.717) is 17.2 Å². The second-order valence-electron chi connectivity index (χ2n) is 3.22. The van der Waals surface area contributed by atoms with E-state index in [1.165, 1.54) is 6.33 Å². The molecule has 2 aromatic rings. The van der Waals surface area contributed by atoms with Gasteiger partial charge in [-0.15, -0.1) is 0 Å². The second-order valence-corrected chi connectivity index (χ2v) is 3.22. The molecular weight excluding hydrogens is 222 g/mol. The molecule has 1 aromatic carbocycles. The average molecular weight is 235 g/mol. The van der Waals surface area contributed by atoms with Gasteiger partial charge >= 0.3 is 0 Å². The van der Waals surface area contributed by atoms with Crippen LogP contribution in [0, 0.1) is 0 Å². The largest absolute Gasteiger partial charge is 0.493 e. The van der Waals surface area contributed by atoms with Crippen molar-refractivity contribution in [2.24, 2.45) is 0 Å². The van der Waals surface area contributed by atoms with E-state index in [2.05, 4.69) is 10.1 Å². The lowest BCUT2D eigenvalue weighted by atomic mass is 10.2. The molecule has 0 N–H and O–H groups in total.